The van der Waals surface area contributed by atoms with Crippen LogP contribution in [0.15, 0.2) is 12.4 Å². The molecule has 2 aromatic heterocycles. The molecule has 0 N–H and O–H groups in total. The number of ether oxygens (including phenoxy) is 1. The van der Waals surface area contributed by atoms with Gasteiger partial charge in [-0.05, 0) is 63.7 Å². The molecular formula is C22H29F3N4OS. The van der Waals surface area contributed by atoms with Crippen LogP contribution < -0.4 is 4.90 Å². The highest BCUT2D eigenvalue weighted by atomic mass is 32.1. The van der Waals surface area contributed by atoms with E-state index in [-0.39, 0.29) is 0 Å². The largest absolute Gasteiger partial charge is 0.393 e. The molecule has 3 aliphatic heterocycles. The summed E-state index contributed by atoms with van der Waals surface area (Å²) in [6.45, 7) is 7.20. The summed E-state index contributed by atoms with van der Waals surface area (Å²) in [5.41, 5.74) is 0.331. The number of alkyl halides is 3. The molecule has 3 fully saturated rings. The molecule has 2 aromatic rings. The summed E-state index contributed by atoms with van der Waals surface area (Å²) in [5, 5.41) is 0.760. The van der Waals surface area contributed by atoms with Crippen LogP contribution in [0.25, 0.3) is 10.2 Å². The topological polar surface area (TPSA) is 41.5 Å². The maximum absolute atomic E-state index is 12.8. The van der Waals surface area contributed by atoms with Crippen LogP contribution in [-0.2, 0) is 11.2 Å². The van der Waals surface area contributed by atoms with E-state index >= 15 is 0 Å². The highest BCUT2D eigenvalue weighted by molar-refractivity contribution is 7.18. The van der Waals surface area contributed by atoms with Crippen LogP contribution in [0.1, 0.15) is 37.0 Å². The van der Waals surface area contributed by atoms with Crippen molar-refractivity contribution in [1.82, 2.24) is 14.9 Å². The van der Waals surface area contributed by atoms with Crippen molar-refractivity contribution in [3.63, 3.8) is 0 Å². The van der Waals surface area contributed by atoms with Gasteiger partial charge < -0.3 is 14.5 Å². The highest BCUT2D eigenvalue weighted by Gasteiger charge is 2.45. The predicted molar refractivity (Wildman–Crippen MR) is 116 cm³/mol. The van der Waals surface area contributed by atoms with Crippen molar-refractivity contribution in [3.05, 3.63) is 17.3 Å². The number of nitrogens with zero attached hydrogens (tertiary/aromatic N) is 4. The Hall–Kier alpha value is -1.45. The Balaban J connectivity index is 1.16. The van der Waals surface area contributed by atoms with Gasteiger partial charge in [0.1, 0.15) is 17.0 Å². The van der Waals surface area contributed by atoms with Gasteiger partial charge in [-0.1, -0.05) is 0 Å². The average molecular weight is 455 g/mol. The van der Waals surface area contributed by atoms with Crippen LogP contribution in [0, 0.1) is 11.3 Å². The number of hydrogen-bond donors (Lipinski definition) is 0. The molecule has 0 atom stereocenters. The van der Waals surface area contributed by atoms with E-state index in [0.717, 1.165) is 67.9 Å². The van der Waals surface area contributed by atoms with Gasteiger partial charge in [-0.3, -0.25) is 0 Å². The first-order valence-electron chi connectivity index (χ1n) is 11.2. The van der Waals surface area contributed by atoms with E-state index in [1.54, 1.807) is 6.07 Å². The first-order valence-corrected chi connectivity index (χ1v) is 12.1. The summed E-state index contributed by atoms with van der Waals surface area (Å²) in [5.74, 6) is 1.61. The number of aromatic nitrogens is 2. The number of anilines is 1. The molecule has 5 rings (SSSR count). The molecular weight excluding hydrogens is 425 g/mol. The second kappa shape index (κ2) is 8.48. The lowest BCUT2D eigenvalue weighted by molar-refractivity contribution is -0.126. The number of piperidine rings is 1. The van der Waals surface area contributed by atoms with Gasteiger partial charge in [0.25, 0.3) is 0 Å². The van der Waals surface area contributed by atoms with Gasteiger partial charge in [-0.15, -0.1) is 11.3 Å². The average Bonchev–Trinajstić information content (AvgIpc) is 3.12. The SMILES string of the molecule is FC(F)(F)Cc1cc2c(N3CC4(CCN(CCC5CCOCC5)CC4)C3)ncnc2s1. The van der Waals surface area contributed by atoms with Crippen molar-refractivity contribution in [3.8, 4) is 0 Å². The quantitative estimate of drug-likeness (QED) is 0.665. The summed E-state index contributed by atoms with van der Waals surface area (Å²) in [6, 6.07) is 1.63. The van der Waals surface area contributed by atoms with E-state index < -0.39 is 12.6 Å². The predicted octanol–water partition coefficient (Wildman–Crippen LogP) is 4.52. The van der Waals surface area contributed by atoms with Crippen molar-refractivity contribution < 1.29 is 17.9 Å². The first-order chi connectivity index (χ1) is 14.9. The van der Waals surface area contributed by atoms with Gasteiger partial charge in [-0.2, -0.15) is 13.2 Å². The summed E-state index contributed by atoms with van der Waals surface area (Å²) in [4.78, 5) is 14.4. The Morgan fingerprint density at radius 3 is 2.58 bits per heavy atom. The van der Waals surface area contributed by atoms with Crippen molar-refractivity contribution in [2.24, 2.45) is 11.3 Å². The molecule has 0 aromatic carbocycles. The molecule has 0 amide bonds. The first kappa shape index (κ1) is 21.4. The van der Waals surface area contributed by atoms with E-state index in [1.165, 1.54) is 45.0 Å². The van der Waals surface area contributed by atoms with E-state index in [0.29, 0.717) is 15.1 Å². The van der Waals surface area contributed by atoms with E-state index in [2.05, 4.69) is 19.8 Å². The van der Waals surface area contributed by atoms with Crippen molar-refractivity contribution >= 4 is 27.4 Å². The fourth-order valence-corrected chi connectivity index (χ4v) is 6.33. The number of likely N-dealkylation sites (tertiary alicyclic amines) is 1. The number of rotatable bonds is 5. The molecule has 9 heteroatoms. The smallest absolute Gasteiger partial charge is 0.381 e. The third-order valence-electron chi connectivity index (χ3n) is 7.20. The Labute approximate surface area is 184 Å². The molecule has 31 heavy (non-hydrogen) atoms. The van der Waals surface area contributed by atoms with Gasteiger partial charge in [0, 0.05) is 36.6 Å². The van der Waals surface area contributed by atoms with Crippen LogP contribution in [0.2, 0.25) is 0 Å². The van der Waals surface area contributed by atoms with Crippen LogP contribution in [0.5, 0.6) is 0 Å². The summed E-state index contributed by atoms with van der Waals surface area (Å²) < 4.78 is 43.8. The minimum Gasteiger partial charge on any atom is -0.381 e. The van der Waals surface area contributed by atoms with Gasteiger partial charge in [0.05, 0.1) is 11.8 Å². The van der Waals surface area contributed by atoms with Crippen molar-refractivity contribution in [2.45, 2.75) is 44.7 Å². The Kier molecular flexibility index (Phi) is 5.85. The minimum absolute atomic E-state index is 0.303. The lowest BCUT2D eigenvalue weighted by Gasteiger charge is -2.54. The molecule has 1 spiro atoms. The number of thiophene rings is 1. The normalized spacial score (nSPS) is 22.9. The zero-order chi connectivity index (χ0) is 21.5. The molecule has 0 aliphatic carbocycles. The third kappa shape index (κ3) is 4.83. The molecule has 3 saturated heterocycles. The monoisotopic (exact) mass is 454 g/mol. The zero-order valence-corrected chi connectivity index (χ0v) is 18.5. The van der Waals surface area contributed by atoms with E-state index in [1.807, 2.05) is 0 Å². The van der Waals surface area contributed by atoms with Crippen molar-refractivity contribution in [2.75, 3.05) is 50.8 Å². The summed E-state index contributed by atoms with van der Waals surface area (Å²) in [6.07, 6.45) is 2.44. The van der Waals surface area contributed by atoms with Gasteiger partial charge >= 0.3 is 6.18 Å². The Morgan fingerprint density at radius 2 is 1.87 bits per heavy atom. The van der Waals surface area contributed by atoms with Crippen LogP contribution >= 0.6 is 11.3 Å². The second-order valence-electron chi connectivity index (χ2n) is 9.46. The lowest BCUT2D eigenvalue weighted by Crippen LogP contribution is -2.60. The number of fused-ring (bicyclic) bond motifs is 1. The Morgan fingerprint density at radius 1 is 1.13 bits per heavy atom. The summed E-state index contributed by atoms with van der Waals surface area (Å²) in [7, 11) is 0. The fourth-order valence-electron chi connectivity index (χ4n) is 5.31. The maximum Gasteiger partial charge on any atom is 0.393 e. The van der Waals surface area contributed by atoms with Gasteiger partial charge in [0.2, 0.25) is 0 Å². The molecule has 0 bridgehead atoms. The highest BCUT2D eigenvalue weighted by Crippen LogP contribution is 2.44. The standard InChI is InChI=1S/C22H29F3N4OS/c23-22(24,25)12-17-11-18-19(26-15-27-20(18)31-17)29-13-21(14-29)4-7-28(8-5-21)6-1-16-2-9-30-10-3-16/h11,15-16H,1-10,12-14H2. The summed E-state index contributed by atoms with van der Waals surface area (Å²) >= 11 is 1.12. The van der Waals surface area contributed by atoms with E-state index in [9.17, 15) is 13.2 Å². The maximum atomic E-state index is 12.8. The molecule has 3 aliphatic rings. The van der Waals surface area contributed by atoms with Crippen LogP contribution in [0.3, 0.4) is 0 Å². The van der Waals surface area contributed by atoms with Crippen LogP contribution in [0.4, 0.5) is 19.0 Å². The molecule has 0 unspecified atom stereocenters. The van der Waals surface area contributed by atoms with Crippen molar-refractivity contribution in [1.29, 1.82) is 0 Å². The fraction of sp³-hybridized carbons (Fsp3) is 0.727. The lowest BCUT2D eigenvalue weighted by atomic mass is 9.72. The minimum atomic E-state index is -4.20. The molecule has 0 radical (unpaired) electrons. The molecule has 5 nitrogen and oxygen atoms in total. The second-order valence-corrected chi connectivity index (χ2v) is 10.6. The zero-order valence-electron chi connectivity index (χ0n) is 17.7. The molecule has 170 valence electrons. The van der Waals surface area contributed by atoms with Crippen LogP contribution in [-0.4, -0.2) is 67.0 Å². The van der Waals surface area contributed by atoms with Gasteiger partial charge in [0.15, 0.2) is 0 Å². The molecule has 5 heterocycles. The van der Waals surface area contributed by atoms with Gasteiger partial charge in [-0.25, -0.2) is 9.97 Å². The number of halogens is 3. The Bertz CT molecular complexity index is 896. The van der Waals surface area contributed by atoms with E-state index in [4.69, 9.17) is 4.74 Å². The number of hydrogen-bond acceptors (Lipinski definition) is 6. The molecule has 0 saturated carbocycles. The third-order valence-corrected chi connectivity index (χ3v) is 8.24.